The highest BCUT2D eigenvalue weighted by Crippen LogP contribution is 2.31. The molecule has 0 spiro atoms. The minimum atomic E-state index is -4.45. The maximum Gasteiger partial charge on any atom is 0.416 e. The lowest BCUT2D eigenvalue weighted by molar-refractivity contribution is -0.137. The van der Waals surface area contributed by atoms with E-state index in [9.17, 15) is 18.0 Å². The summed E-state index contributed by atoms with van der Waals surface area (Å²) in [5.74, 6) is -0.502. The largest absolute Gasteiger partial charge is 0.416 e. The van der Waals surface area contributed by atoms with Crippen LogP contribution in [0.3, 0.4) is 0 Å². The average molecular weight is 345 g/mol. The molecule has 22 heavy (non-hydrogen) atoms. The molecule has 114 valence electrons. The molecule has 0 amide bonds. The summed E-state index contributed by atoms with van der Waals surface area (Å²) in [4.78, 5) is 12.3. The van der Waals surface area contributed by atoms with E-state index in [2.05, 4.69) is 6.58 Å². The van der Waals surface area contributed by atoms with Crippen LogP contribution in [0, 0.1) is 0 Å². The Balaban J connectivity index is 2.29. The van der Waals surface area contributed by atoms with Crippen LogP contribution in [-0.4, -0.2) is 5.78 Å². The van der Waals surface area contributed by atoms with Crippen molar-refractivity contribution in [1.29, 1.82) is 0 Å². The van der Waals surface area contributed by atoms with Gasteiger partial charge >= 0.3 is 6.18 Å². The van der Waals surface area contributed by atoms with Crippen LogP contribution >= 0.6 is 23.2 Å². The van der Waals surface area contributed by atoms with Crippen LogP contribution in [0.4, 0.5) is 13.2 Å². The summed E-state index contributed by atoms with van der Waals surface area (Å²) in [5.41, 5.74) is -0.249. The molecule has 0 bridgehead atoms. The Morgan fingerprint density at radius 3 is 2.09 bits per heavy atom. The van der Waals surface area contributed by atoms with Gasteiger partial charge in [0.05, 0.1) is 5.56 Å². The minimum Gasteiger partial charge on any atom is -0.289 e. The molecular weight excluding hydrogens is 336 g/mol. The number of alkyl halides is 3. The van der Waals surface area contributed by atoms with Gasteiger partial charge in [0, 0.05) is 26.7 Å². The van der Waals surface area contributed by atoms with E-state index >= 15 is 0 Å². The van der Waals surface area contributed by atoms with E-state index in [1.165, 1.54) is 12.1 Å². The van der Waals surface area contributed by atoms with Crippen LogP contribution in [-0.2, 0) is 6.18 Å². The van der Waals surface area contributed by atoms with Crippen molar-refractivity contribution in [3.63, 3.8) is 0 Å². The fraction of sp³-hybridized carbons (Fsp3) is 0.0625. The van der Waals surface area contributed by atoms with Gasteiger partial charge in [-0.3, -0.25) is 4.79 Å². The lowest BCUT2D eigenvalue weighted by Gasteiger charge is -2.10. The van der Waals surface area contributed by atoms with Gasteiger partial charge in [0.2, 0.25) is 0 Å². The number of hydrogen-bond donors (Lipinski definition) is 0. The first-order valence-corrected chi connectivity index (χ1v) is 6.82. The third kappa shape index (κ3) is 3.51. The van der Waals surface area contributed by atoms with Gasteiger partial charge < -0.3 is 0 Å². The predicted octanol–water partition coefficient (Wildman–Crippen LogP) is 5.91. The summed E-state index contributed by atoms with van der Waals surface area (Å²) in [6, 6.07) is 8.47. The Kier molecular flexibility index (Phi) is 4.63. The molecule has 6 heteroatoms. The molecule has 0 aliphatic carbocycles. The first-order chi connectivity index (χ1) is 10.2. The van der Waals surface area contributed by atoms with E-state index in [1.807, 2.05) is 0 Å². The Morgan fingerprint density at radius 2 is 1.59 bits per heavy atom. The van der Waals surface area contributed by atoms with Gasteiger partial charge in [0.15, 0.2) is 5.78 Å². The van der Waals surface area contributed by atoms with Gasteiger partial charge in [-0.2, -0.15) is 13.2 Å². The summed E-state index contributed by atoms with van der Waals surface area (Å²) in [7, 11) is 0. The fourth-order valence-electron chi connectivity index (χ4n) is 1.84. The van der Waals surface area contributed by atoms with Crippen molar-refractivity contribution < 1.29 is 18.0 Å². The zero-order chi connectivity index (χ0) is 16.5. The smallest absolute Gasteiger partial charge is 0.289 e. The van der Waals surface area contributed by atoms with Crippen molar-refractivity contribution in [3.05, 3.63) is 75.8 Å². The molecule has 0 atom stereocenters. The maximum absolute atomic E-state index is 12.5. The highest BCUT2D eigenvalue weighted by molar-refractivity contribution is 6.38. The van der Waals surface area contributed by atoms with Crippen LogP contribution in [0.15, 0.2) is 49.0 Å². The lowest BCUT2D eigenvalue weighted by Crippen LogP contribution is -2.07. The number of benzene rings is 2. The van der Waals surface area contributed by atoms with Crippen LogP contribution < -0.4 is 0 Å². The second kappa shape index (κ2) is 6.15. The Hall–Kier alpha value is -1.78. The number of carbonyl (C=O) groups excluding carboxylic acids is 1. The second-order valence-corrected chi connectivity index (χ2v) is 5.35. The van der Waals surface area contributed by atoms with E-state index in [4.69, 9.17) is 23.2 Å². The average Bonchev–Trinajstić information content (AvgIpc) is 2.45. The number of allylic oxidation sites excluding steroid dienone is 1. The molecule has 0 aliphatic heterocycles. The van der Waals surface area contributed by atoms with E-state index in [0.717, 1.165) is 24.3 Å². The molecule has 2 aromatic rings. The molecule has 1 nitrogen and oxygen atoms in total. The van der Waals surface area contributed by atoms with E-state index in [-0.39, 0.29) is 16.2 Å². The first-order valence-electron chi connectivity index (χ1n) is 6.06. The zero-order valence-electron chi connectivity index (χ0n) is 11.0. The van der Waals surface area contributed by atoms with Crippen molar-refractivity contribution in [2.45, 2.75) is 6.18 Å². The summed E-state index contributed by atoms with van der Waals surface area (Å²) >= 11 is 11.8. The van der Waals surface area contributed by atoms with Gasteiger partial charge in [0.1, 0.15) is 0 Å². The van der Waals surface area contributed by atoms with E-state index < -0.39 is 17.5 Å². The SMILES string of the molecule is C=C(C(=O)c1ccc(C(F)(F)F)cc1)c1ccc(Cl)cc1Cl. The lowest BCUT2D eigenvalue weighted by atomic mass is 9.97. The molecule has 0 saturated carbocycles. The number of halogens is 5. The Labute approximate surface area is 135 Å². The van der Waals surface area contributed by atoms with Crippen molar-refractivity contribution in [2.24, 2.45) is 0 Å². The third-order valence-corrected chi connectivity index (χ3v) is 3.55. The molecular formula is C16H9Cl2F3O. The number of rotatable bonds is 3. The molecule has 0 radical (unpaired) electrons. The fourth-order valence-corrected chi connectivity index (χ4v) is 2.36. The number of Topliss-reactive ketones (excluding diaryl/α,β-unsaturated/α-hetero) is 1. The molecule has 2 rings (SSSR count). The first kappa shape index (κ1) is 16.6. The van der Waals surface area contributed by atoms with Gasteiger partial charge in [-0.05, 0) is 24.3 Å². The zero-order valence-corrected chi connectivity index (χ0v) is 12.6. The molecule has 0 aromatic heterocycles. The molecule has 2 aromatic carbocycles. The topological polar surface area (TPSA) is 17.1 Å². The molecule has 0 heterocycles. The molecule has 0 fully saturated rings. The van der Waals surface area contributed by atoms with Gasteiger partial charge in [-0.15, -0.1) is 0 Å². The molecule has 0 aliphatic rings. The summed E-state index contributed by atoms with van der Waals surface area (Å²) in [5, 5.41) is 0.654. The van der Waals surface area contributed by atoms with Crippen molar-refractivity contribution in [1.82, 2.24) is 0 Å². The number of carbonyl (C=O) groups is 1. The molecule has 0 saturated heterocycles. The minimum absolute atomic E-state index is 0.0847. The normalized spacial score (nSPS) is 11.3. The van der Waals surface area contributed by atoms with Crippen molar-refractivity contribution >= 4 is 34.6 Å². The van der Waals surface area contributed by atoms with Gasteiger partial charge in [-0.25, -0.2) is 0 Å². The highest BCUT2D eigenvalue weighted by atomic mass is 35.5. The van der Waals surface area contributed by atoms with Crippen LogP contribution in [0.1, 0.15) is 21.5 Å². The van der Waals surface area contributed by atoms with Crippen LogP contribution in [0.25, 0.3) is 5.57 Å². The summed E-state index contributed by atoms with van der Waals surface area (Å²) < 4.78 is 37.5. The third-order valence-electron chi connectivity index (χ3n) is 3.00. The monoisotopic (exact) mass is 344 g/mol. The van der Waals surface area contributed by atoms with E-state index in [0.29, 0.717) is 10.6 Å². The maximum atomic E-state index is 12.5. The quantitative estimate of drug-likeness (QED) is 0.499. The molecule has 0 N–H and O–H groups in total. The van der Waals surface area contributed by atoms with E-state index in [1.54, 1.807) is 6.07 Å². The highest BCUT2D eigenvalue weighted by Gasteiger charge is 2.30. The number of hydrogen-bond acceptors (Lipinski definition) is 1. The van der Waals surface area contributed by atoms with Gasteiger partial charge in [0.25, 0.3) is 0 Å². The second-order valence-electron chi connectivity index (χ2n) is 4.51. The van der Waals surface area contributed by atoms with Gasteiger partial charge in [-0.1, -0.05) is 48.0 Å². The summed E-state index contributed by atoms with van der Waals surface area (Å²) in [6.45, 7) is 3.66. The predicted molar refractivity (Wildman–Crippen MR) is 81.3 cm³/mol. The Morgan fingerprint density at radius 1 is 1.00 bits per heavy atom. The Bertz CT molecular complexity index is 734. The molecule has 0 unspecified atom stereocenters. The standard InChI is InChI=1S/C16H9Cl2F3O/c1-9(13-7-6-12(17)8-14(13)18)15(22)10-2-4-11(5-3-10)16(19,20)21/h2-8H,1H2. The van der Waals surface area contributed by atoms with Crippen LogP contribution in [0.2, 0.25) is 10.0 Å². The van der Waals surface area contributed by atoms with Crippen molar-refractivity contribution in [3.8, 4) is 0 Å². The van der Waals surface area contributed by atoms with Crippen molar-refractivity contribution in [2.75, 3.05) is 0 Å². The number of ketones is 1. The summed E-state index contributed by atoms with van der Waals surface area (Å²) in [6.07, 6.45) is -4.45. The van der Waals surface area contributed by atoms with Crippen LogP contribution in [0.5, 0.6) is 0 Å².